The van der Waals surface area contributed by atoms with Crippen molar-refractivity contribution in [1.82, 2.24) is 25.1 Å². The molecule has 2 aliphatic heterocycles. The molecule has 3 aromatic rings. The summed E-state index contributed by atoms with van der Waals surface area (Å²) in [6.07, 6.45) is 12.0. The lowest BCUT2D eigenvalue weighted by atomic mass is 9.59. The van der Waals surface area contributed by atoms with Gasteiger partial charge < -0.3 is 19.9 Å². The first-order valence-electron chi connectivity index (χ1n) is 18.0. The summed E-state index contributed by atoms with van der Waals surface area (Å²) in [5.74, 6) is -0.139. The van der Waals surface area contributed by atoms with Crippen LogP contribution in [0.3, 0.4) is 0 Å². The third kappa shape index (κ3) is 7.46. The minimum absolute atomic E-state index is 0.0326. The molecule has 9 nitrogen and oxygen atoms in total. The Morgan fingerprint density at radius 2 is 1.73 bits per heavy atom. The number of allylic oxidation sites excluding steroid dienone is 1. The zero-order valence-corrected chi connectivity index (χ0v) is 29.9. The molecule has 4 heterocycles. The summed E-state index contributed by atoms with van der Waals surface area (Å²) in [5, 5.41) is 3.12. The van der Waals surface area contributed by atoms with Gasteiger partial charge in [0, 0.05) is 55.5 Å². The Morgan fingerprint density at radius 3 is 2.33 bits per heavy atom. The molecule has 0 unspecified atom stereocenters. The van der Waals surface area contributed by atoms with E-state index in [0.717, 1.165) is 66.4 Å². The minimum atomic E-state index is -0.533. The molecule has 51 heavy (non-hydrogen) atoms. The number of hydrogen-bond acceptors (Lipinski definition) is 6. The highest BCUT2D eigenvalue weighted by Crippen LogP contribution is 2.54. The van der Waals surface area contributed by atoms with Crippen molar-refractivity contribution >= 4 is 29.1 Å². The average molecular weight is 692 g/mol. The van der Waals surface area contributed by atoms with Gasteiger partial charge in [-0.1, -0.05) is 42.3 Å². The summed E-state index contributed by atoms with van der Waals surface area (Å²) in [6, 6.07) is 12.8. The van der Waals surface area contributed by atoms with Crippen LogP contribution < -0.4 is 5.32 Å². The van der Waals surface area contributed by atoms with Crippen LogP contribution in [0.1, 0.15) is 105 Å². The van der Waals surface area contributed by atoms with Gasteiger partial charge in [-0.2, -0.15) is 0 Å². The molecule has 2 saturated carbocycles. The normalized spacial score (nSPS) is 18.9. The van der Waals surface area contributed by atoms with Crippen molar-refractivity contribution in [3.8, 4) is 0 Å². The number of carbonyl (C=O) groups is 3. The van der Waals surface area contributed by atoms with E-state index in [-0.39, 0.29) is 35.3 Å². The standard InChI is InChI=1S/C41H46FN5O4/c1-26(45-37(48)32-18-31(21-43-22-32)28-14-16-46(17-15-28)38(49)30-6-5-7-30)27-8-10-29(11-9-27)36(35-13-12-34(42)23-44-35)33-19-41(20-33)24-47(25-41)39(50)51-40(2,3)4/h8-14,18,21-23,26,30H,5-7,15-17,19-20,24-25H2,1-4H3,(H,45,48)/t26-/m1/s1. The second-order valence-corrected chi connectivity index (χ2v) is 15.7. The second-order valence-electron chi connectivity index (χ2n) is 15.7. The van der Waals surface area contributed by atoms with E-state index in [9.17, 15) is 18.8 Å². The molecule has 1 saturated heterocycles. The van der Waals surface area contributed by atoms with Gasteiger partial charge in [0.05, 0.1) is 23.5 Å². The molecule has 1 atom stereocenters. The van der Waals surface area contributed by atoms with Crippen LogP contribution in [0.5, 0.6) is 0 Å². The van der Waals surface area contributed by atoms with E-state index in [2.05, 4.69) is 21.4 Å². The van der Waals surface area contributed by atoms with Gasteiger partial charge in [0.2, 0.25) is 5.91 Å². The Kier molecular flexibility index (Phi) is 9.29. The molecule has 3 fully saturated rings. The summed E-state index contributed by atoms with van der Waals surface area (Å²) in [6.45, 7) is 10.1. The largest absolute Gasteiger partial charge is 0.444 e. The summed E-state index contributed by atoms with van der Waals surface area (Å²) in [4.78, 5) is 51.1. The van der Waals surface area contributed by atoms with Crippen LogP contribution in [0.25, 0.3) is 11.1 Å². The lowest BCUT2D eigenvalue weighted by Gasteiger charge is -2.57. The number of likely N-dealkylation sites (tertiary alicyclic amines) is 1. The SMILES string of the molecule is C[C@@H](NC(=O)c1cncc(C2=CCN(C(=O)C3CCC3)CC2)c1)c1ccc(C(=C2CC3(C2)CN(C(=O)OC(C)(C)C)C3)c2ccc(F)cn2)cc1. The smallest absolute Gasteiger partial charge is 0.410 e. The number of ether oxygens (including phenoxy) is 1. The van der Waals surface area contributed by atoms with Crippen LogP contribution in [0.15, 0.2) is 72.7 Å². The molecule has 7 rings (SSSR count). The summed E-state index contributed by atoms with van der Waals surface area (Å²) >= 11 is 0. The highest BCUT2D eigenvalue weighted by molar-refractivity contribution is 5.95. The number of pyridine rings is 2. The predicted octanol–water partition coefficient (Wildman–Crippen LogP) is 7.36. The molecule has 0 radical (unpaired) electrons. The highest BCUT2D eigenvalue weighted by Gasteiger charge is 2.53. The van der Waals surface area contributed by atoms with Crippen molar-refractivity contribution in [1.29, 1.82) is 0 Å². The first-order valence-corrected chi connectivity index (χ1v) is 18.0. The fourth-order valence-corrected chi connectivity index (χ4v) is 7.62. The van der Waals surface area contributed by atoms with Crippen LogP contribution in [0.2, 0.25) is 0 Å². The molecule has 3 amide bonds. The number of rotatable bonds is 7. The number of nitrogens with one attached hydrogen (secondary N) is 1. The molecule has 2 aliphatic carbocycles. The fourth-order valence-electron chi connectivity index (χ4n) is 7.62. The van der Waals surface area contributed by atoms with Gasteiger partial charge in [-0.3, -0.25) is 19.6 Å². The topological polar surface area (TPSA) is 105 Å². The molecular formula is C41H46FN5O4. The monoisotopic (exact) mass is 691 g/mol. The third-order valence-corrected chi connectivity index (χ3v) is 10.6. The van der Waals surface area contributed by atoms with Crippen LogP contribution in [-0.4, -0.2) is 69.5 Å². The van der Waals surface area contributed by atoms with Crippen LogP contribution >= 0.6 is 0 Å². The Morgan fingerprint density at radius 1 is 0.980 bits per heavy atom. The van der Waals surface area contributed by atoms with Crippen molar-refractivity contribution in [2.75, 3.05) is 26.2 Å². The maximum Gasteiger partial charge on any atom is 0.410 e. The average Bonchev–Trinajstić information content (AvgIpc) is 3.04. The van der Waals surface area contributed by atoms with E-state index < -0.39 is 11.4 Å². The summed E-state index contributed by atoms with van der Waals surface area (Å²) in [7, 11) is 0. The Hall–Kier alpha value is -4.86. The van der Waals surface area contributed by atoms with Crippen molar-refractivity contribution in [2.45, 2.75) is 77.9 Å². The number of carbonyl (C=O) groups excluding carboxylic acids is 3. The summed E-state index contributed by atoms with van der Waals surface area (Å²) < 4.78 is 19.4. The predicted molar refractivity (Wildman–Crippen MR) is 193 cm³/mol. The molecule has 2 aromatic heterocycles. The van der Waals surface area contributed by atoms with Gasteiger partial charge in [0.1, 0.15) is 11.4 Å². The second kappa shape index (κ2) is 13.7. The molecule has 10 heteroatoms. The Labute approximate surface area is 299 Å². The molecular weight excluding hydrogens is 645 g/mol. The van der Waals surface area contributed by atoms with Crippen LogP contribution in [0, 0.1) is 17.2 Å². The molecule has 266 valence electrons. The molecule has 4 aliphatic rings. The van der Waals surface area contributed by atoms with Crippen molar-refractivity contribution in [3.63, 3.8) is 0 Å². The number of amides is 3. The van der Waals surface area contributed by atoms with Crippen molar-refractivity contribution in [2.24, 2.45) is 11.3 Å². The lowest BCUT2D eigenvalue weighted by molar-refractivity contribution is -0.137. The number of aromatic nitrogens is 2. The number of hydrogen-bond donors (Lipinski definition) is 1. The van der Waals surface area contributed by atoms with E-state index in [1.165, 1.54) is 17.8 Å². The maximum absolute atomic E-state index is 13.9. The first-order chi connectivity index (χ1) is 24.4. The van der Waals surface area contributed by atoms with Gasteiger partial charge in [-0.05, 0) is 100 Å². The zero-order chi connectivity index (χ0) is 35.9. The molecule has 1 spiro atoms. The Balaban J connectivity index is 1.01. The summed E-state index contributed by atoms with van der Waals surface area (Å²) in [5.41, 5.74) is 6.82. The third-order valence-electron chi connectivity index (χ3n) is 10.6. The number of benzene rings is 1. The van der Waals surface area contributed by atoms with E-state index in [1.54, 1.807) is 23.4 Å². The maximum atomic E-state index is 13.9. The van der Waals surface area contributed by atoms with Crippen LogP contribution in [-0.2, 0) is 9.53 Å². The van der Waals surface area contributed by atoms with E-state index in [4.69, 9.17) is 4.74 Å². The van der Waals surface area contributed by atoms with E-state index in [0.29, 0.717) is 37.4 Å². The van der Waals surface area contributed by atoms with Gasteiger partial charge in [0.25, 0.3) is 5.91 Å². The number of nitrogens with zero attached hydrogens (tertiary/aromatic N) is 4. The van der Waals surface area contributed by atoms with Gasteiger partial charge in [-0.15, -0.1) is 0 Å². The lowest BCUT2D eigenvalue weighted by Crippen LogP contribution is -2.62. The molecule has 1 aromatic carbocycles. The van der Waals surface area contributed by atoms with Gasteiger partial charge >= 0.3 is 6.09 Å². The molecule has 0 bridgehead atoms. The number of halogens is 1. The first kappa shape index (κ1) is 34.6. The minimum Gasteiger partial charge on any atom is -0.444 e. The van der Waals surface area contributed by atoms with E-state index >= 15 is 0 Å². The fraction of sp³-hybridized carbons (Fsp3) is 0.439. The quantitative estimate of drug-likeness (QED) is 0.278. The molecule has 1 N–H and O–H groups in total. The zero-order valence-electron chi connectivity index (χ0n) is 29.9. The van der Waals surface area contributed by atoms with Crippen LogP contribution in [0.4, 0.5) is 9.18 Å². The highest BCUT2D eigenvalue weighted by atomic mass is 19.1. The van der Waals surface area contributed by atoms with Gasteiger partial charge in [0.15, 0.2) is 0 Å². The Bertz CT molecular complexity index is 1880. The van der Waals surface area contributed by atoms with Gasteiger partial charge in [-0.25, -0.2) is 9.18 Å². The van der Waals surface area contributed by atoms with Crippen molar-refractivity contribution in [3.05, 3.63) is 106 Å². The van der Waals surface area contributed by atoms with Crippen molar-refractivity contribution < 1.29 is 23.5 Å². The van der Waals surface area contributed by atoms with E-state index in [1.807, 2.05) is 62.9 Å².